The summed E-state index contributed by atoms with van der Waals surface area (Å²) in [6, 6.07) is 8.27. The number of benzene rings is 1. The smallest absolute Gasteiger partial charge is 0.224 e. The predicted molar refractivity (Wildman–Crippen MR) is 119 cm³/mol. The second-order valence-corrected chi connectivity index (χ2v) is 8.80. The van der Waals surface area contributed by atoms with Gasteiger partial charge in [-0.15, -0.1) is 0 Å². The second kappa shape index (κ2) is 11.4. The molecule has 3 rings (SSSR count). The summed E-state index contributed by atoms with van der Waals surface area (Å²) in [6.07, 6.45) is 16.5. The highest BCUT2D eigenvalue weighted by Gasteiger charge is 2.24. The predicted octanol–water partition coefficient (Wildman–Crippen LogP) is 7.87. The third kappa shape index (κ3) is 6.35. The average molecular weight is 397 g/mol. The maximum absolute atomic E-state index is 14.8. The minimum atomic E-state index is -0.377. The van der Waals surface area contributed by atoms with Crippen LogP contribution in [-0.2, 0) is 6.42 Å². The van der Waals surface area contributed by atoms with Crippen molar-refractivity contribution >= 4 is 0 Å². The molecule has 3 heteroatoms. The van der Waals surface area contributed by atoms with Gasteiger partial charge in [-0.2, -0.15) is 4.39 Å². The van der Waals surface area contributed by atoms with Crippen LogP contribution in [0.4, 0.5) is 4.39 Å². The number of nitrogens with zero attached hydrogens (tertiary/aromatic N) is 2. The molecule has 1 aromatic carbocycles. The van der Waals surface area contributed by atoms with Crippen molar-refractivity contribution in [2.45, 2.75) is 96.8 Å². The highest BCUT2D eigenvalue weighted by molar-refractivity contribution is 5.62. The zero-order valence-corrected chi connectivity index (χ0v) is 18.3. The van der Waals surface area contributed by atoms with Gasteiger partial charge < -0.3 is 0 Å². The lowest BCUT2D eigenvalue weighted by Gasteiger charge is -2.27. The van der Waals surface area contributed by atoms with Gasteiger partial charge in [0.25, 0.3) is 0 Å². The normalized spacial score (nSPS) is 19.4. The summed E-state index contributed by atoms with van der Waals surface area (Å²) >= 11 is 0. The molecule has 0 atom stereocenters. The molecule has 1 saturated carbocycles. The van der Waals surface area contributed by atoms with Crippen LogP contribution >= 0.6 is 0 Å². The fourth-order valence-corrected chi connectivity index (χ4v) is 4.67. The van der Waals surface area contributed by atoms with E-state index in [-0.39, 0.29) is 5.95 Å². The van der Waals surface area contributed by atoms with Crippen LogP contribution in [0.1, 0.15) is 102 Å². The number of halogens is 1. The third-order valence-electron chi connectivity index (χ3n) is 6.50. The minimum Gasteiger partial charge on any atom is -0.240 e. The Morgan fingerprint density at radius 3 is 2.28 bits per heavy atom. The van der Waals surface area contributed by atoms with Crippen LogP contribution in [-0.4, -0.2) is 9.97 Å². The monoisotopic (exact) mass is 396 g/mol. The molecule has 1 aromatic heterocycles. The van der Waals surface area contributed by atoms with Gasteiger partial charge in [-0.3, -0.25) is 0 Å². The lowest BCUT2D eigenvalue weighted by Crippen LogP contribution is -2.16. The number of aryl methyl sites for hydroxylation is 1. The molecule has 0 N–H and O–H groups in total. The van der Waals surface area contributed by atoms with Crippen molar-refractivity contribution in [2.75, 3.05) is 0 Å². The zero-order valence-electron chi connectivity index (χ0n) is 18.3. The van der Waals surface area contributed by atoms with Crippen LogP contribution in [0.5, 0.6) is 0 Å². The van der Waals surface area contributed by atoms with Crippen LogP contribution in [0.3, 0.4) is 0 Å². The molecular weight excluding hydrogens is 359 g/mol. The van der Waals surface area contributed by atoms with Crippen LogP contribution in [0.2, 0.25) is 0 Å². The number of rotatable bonds is 10. The molecule has 0 unspecified atom stereocenters. The largest absolute Gasteiger partial charge is 0.240 e. The lowest BCUT2D eigenvalue weighted by molar-refractivity contribution is 0.301. The number of hydrogen-bond donors (Lipinski definition) is 0. The molecule has 0 radical (unpaired) electrons. The summed E-state index contributed by atoms with van der Waals surface area (Å²) < 4.78 is 14.8. The van der Waals surface area contributed by atoms with Gasteiger partial charge in [0.2, 0.25) is 5.95 Å². The molecule has 0 amide bonds. The Morgan fingerprint density at radius 2 is 1.62 bits per heavy atom. The Kier molecular flexibility index (Phi) is 8.64. The highest BCUT2D eigenvalue weighted by Crippen LogP contribution is 2.36. The highest BCUT2D eigenvalue weighted by atomic mass is 19.1. The standard InChI is InChI=1S/C26H37FN2/c1-3-5-6-7-8-10-21-11-15-22(16-12-21)24-19-28-26(29-25(24)27)23-17-13-20(9-4-2)14-18-23/h11-12,15-16,19-20,23H,3-10,13-14,17-18H2,1-2H3/t20-,23-. The summed E-state index contributed by atoms with van der Waals surface area (Å²) in [5.41, 5.74) is 2.71. The molecule has 1 heterocycles. The van der Waals surface area contributed by atoms with Crippen molar-refractivity contribution in [3.63, 3.8) is 0 Å². The molecule has 0 saturated heterocycles. The maximum atomic E-state index is 14.8. The summed E-state index contributed by atoms with van der Waals surface area (Å²) in [7, 11) is 0. The molecule has 2 aromatic rings. The molecule has 1 fully saturated rings. The molecule has 2 nitrogen and oxygen atoms in total. The Balaban J connectivity index is 1.57. The SMILES string of the molecule is CCCCCCCc1ccc(-c2cnc([C@H]3CC[C@H](CCC)CC3)nc2F)cc1. The van der Waals surface area contributed by atoms with Crippen molar-refractivity contribution < 1.29 is 4.39 Å². The van der Waals surface area contributed by atoms with Crippen molar-refractivity contribution in [2.24, 2.45) is 5.92 Å². The van der Waals surface area contributed by atoms with E-state index < -0.39 is 0 Å². The minimum absolute atomic E-state index is 0.321. The molecular formula is C26H37FN2. The fourth-order valence-electron chi connectivity index (χ4n) is 4.67. The van der Waals surface area contributed by atoms with Crippen LogP contribution in [0.15, 0.2) is 30.5 Å². The average Bonchev–Trinajstić information content (AvgIpc) is 2.75. The fraction of sp³-hybridized carbons (Fsp3) is 0.615. The Bertz CT molecular complexity index is 733. The van der Waals surface area contributed by atoms with Crippen LogP contribution in [0.25, 0.3) is 11.1 Å². The van der Waals surface area contributed by atoms with Gasteiger partial charge in [-0.1, -0.05) is 76.6 Å². The van der Waals surface area contributed by atoms with Crippen molar-refractivity contribution in [1.82, 2.24) is 9.97 Å². The molecule has 29 heavy (non-hydrogen) atoms. The number of unbranched alkanes of at least 4 members (excludes halogenated alkanes) is 4. The van der Waals surface area contributed by atoms with Gasteiger partial charge in [-0.25, -0.2) is 9.97 Å². The molecule has 1 aliphatic carbocycles. The van der Waals surface area contributed by atoms with E-state index in [1.807, 2.05) is 12.1 Å². The van der Waals surface area contributed by atoms with Crippen molar-refractivity contribution in [1.29, 1.82) is 0 Å². The van der Waals surface area contributed by atoms with E-state index in [0.717, 1.165) is 30.7 Å². The Hall–Kier alpha value is -1.77. The summed E-state index contributed by atoms with van der Waals surface area (Å²) in [4.78, 5) is 8.83. The first-order valence-corrected chi connectivity index (χ1v) is 11.8. The van der Waals surface area contributed by atoms with Gasteiger partial charge in [0.15, 0.2) is 0 Å². The van der Waals surface area contributed by atoms with Gasteiger partial charge in [-0.05, 0) is 55.6 Å². The first-order chi connectivity index (χ1) is 14.2. The maximum Gasteiger partial charge on any atom is 0.224 e. The molecule has 0 spiro atoms. The molecule has 158 valence electrons. The van der Waals surface area contributed by atoms with E-state index in [1.54, 1.807) is 6.20 Å². The van der Waals surface area contributed by atoms with E-state index in [4.69, 9.17) is 0 Å². The van der Waals surface area contributed by atoms with E-state index in [0.29, 0.717) is 17.3 Å². The first-order valence-electron chi connectivity index (χ1n) is 11.8. The number of hydrogen-bond acceptors (Lipinski definition) is 2. The van der Waals surface area contributed by atoms with Gasteiger partial charge in [0.1, 0.15) is 5.82 Å². The lowest BCUT2D eigenvalue weighted by atomic mass is 9.80. The molecule has 1 aliphatic rings. The Morgan fingerprint density at radius 1 is 0.897 bits per heavy atom. The van der Waals surface area contributed by atoms with Gasteiger partial charge >= 0.3 is 0 Å². The van der Waals surface area contributed by atoms with Gasteiger partial charge in [0.05, 0.1) is 5.56 Å². The van der Waals surface area contributed by atoms with E-state index in [2.05, 4.69) is 35.9 Å². The van der Waals surface area contributed by atoms with Gasteiger partial charge in [0, 0.05) is 12.1 Å². The number of aromatic nitrogens is 2. The van der Waals surface area contributed by atoms with E-state index >= 15 is 0 Å². The third-order valence-corrected chi connectivity index (χ3v) is 6.50. The Labute approximate surface area is 176 Å². The van der Waals surface area contributed by atoms with Crippen LogP contribution in [0, 0.1) is 11.9 Å². The van der Waals surface area contributed by atoms with E-state index in [9.17, 15) is 4.39 Å². The molecule has 0 aliphatic heterocycles. The zero-order chi connectivity index (χ0) is 20.5. The quantitative estimate of drug-likeness (QED) is 0.301. The van der Waals surface area contributed by atoms with E-state index in [1.165, 1.54) is 63.4 Å². The summed E-state index contributed by atoms with van der Waals surface area (Å²) in [5, 5.41) is 0. The second-order valence-electron chi connectivity index (χ2n) is 8.80. The topological polar surface area (TPSA) is 25.8 Å². The van der Waals surface area contributed by atoms with Crippen molar-refractivity contribution in [3.8, 4) is 11.1 Å². The molecule has 0 bridgehead atoms. The van der Waals surface area contributed by atoms with Crippen molar-refractivity contribution in [3.05, 3.63) is 47.8 Å². The summed E-state index contributed by atoms with van der Waals surface area (Å²) in [6.45, 7) is 4.50. The van der Waals surface area contributed by atoms with Crippen LogP contribution < -0.4 is 0 Å². The summed E-state index contributed by atoms with van der Waals surface area (Å²) in [5.74, 6) is 1.48. The first kappa shape index (κ1) is 21.9.